The highest BCUT2D eigenvalue weighted by atomic mass is 79.9. The van der Waals surface area contributed by atoms with Gasteiger partial charge in [-0.2, -0.15) is 8.42 Å². The number of guanidine groups is 1. The number of nitrogens with two attached hydrogens (primary N) is 1. The third-order valence-corrected chi connectivity index (χ3v) is 3.72. The molecule has 0 saturated carbocycles. The predicted octanol–water partition coefficient (Wildman–Crippen LogP) is 0.878. The van der Waals surface area contributed by atoms with Gasteiger partial charge >= 0.3 is 0 Å². The molecule has 2 rings (SSSR count). The number of nitrogens with one attached hydrogen (secondary N) is 1. The molecule has 0 atom stereocenters. The van der Waals surface area contributed by atoms with Gasteiger partial charge in [0, 0.05) is 4.47 Å². The average molecular weight is 276 g/mol. The second-order valence-corrected chi connectivity index (χ2v) is 5.12. The Morgan fingerprint density at radius 3 is 2.86 bits per heavy atom. The summed E-state index contributed by atoms with van der Waals surface area (Å²) < 4.78 is 27.0. The monoisotopic (exact) mass is 275 g/mol. The molecule has 0 aromatic heterocycles. The molecule has 0 unspecified atom stereocenters. The van der Waals surface area contributed by atoms with Crippen molar-refractivity contribution in [2.45, 2.75) is 4.90 Å². The van der Waals surface area contributed by atoms with Gasteiger partial charge in [-0.25, -0.2) is 0 Å². The van der Waals surface area contributed by atoms with E-state index in [0.29, 0.717) is 10.2 Å². The van der Waals surface area contributed by atoms with Gasteiger partial charge in [-0.3, -0.25) is 0 Å². The van der Waals surface area contributed by atoms with Gasteiger partial charge in [0.15, 0.2) is 0 Å². The molecule has 3 N–H and O–H groups in total. The van der Waals surface area contributed by atoms with E-state index < -0.39 is 10.0 Å². The Balaban J connectivity index is 2.78. The lowest BCUT2D eigenvalue weighted by atomic mass is 10.3. The van der Waals surface area contributed by atoms with Crippen LogP contribution in [0.4, 0.5) is 5.69 Å². The van der Waals surface area contributed by atoms with Gasteiger partial charge in [-0.1, -0.05) is 6.07 Å². The van der Waals surface area contributed by atoms with E-state index >= 15 is 0 Å². The lowest BCUT2D eigenvalue weighted by Gasteiger charge is -2.16. The van der Waals surface area contributed by atoms with Crippen LogP contribution < -0.4 is 11.1 Å². The lowest BCUT2D eigenvalue weighted by molar-refractivity contribution is 0.597. The van der Waals surface area contributed by atoms with Crippen molar-refractivity contribution in [2.24, 2.45) is 10.1 Å². The zero-order valence-corrected chi connectivity index (χ0v) is 9.26. The molecule has 0 amide bonds. The van der Waals surface area contributed by atoms with Gasteiger partial charge in [0.05, 0.1) is 5.69 Å². The van der Waals surface area contributed by atoms with Gasteiger partial charge in [0.25, 0.3) is 10.0 Å². The number of nitrogens with zero attached hydrogens (tertiary/aromatic N) is 1. The Morgan fingerprint density at radius 1 is 1.43 bits per heavy atom. The molecule has 74 valence electrons. The first-order valence-electron chi connectivity index (χ1n) is 3.67. The van der Waals surface area contributed by atoms with E-state index in [2.05, 4.69) is 25.6 Å². The molecule has 5 nitrogen and oxygen atoms in total. The fourth-order valence-electron chi connectivity index (χ4n) is 1.17. The van der Waals surface area contributed by atoms with Gasteiger partial charge in [0.2, 0.25) is 5.96 Å². The second-order valence-electron chi connectivity index (χ2n) is 2.69. The van der Waals surface area contributed by atoms with Gasteiger partial charge in [-0.05, 0) is 28.1 Å². The molecule has 1 aliphatic rings. The van der Waals surface area contributed by atoms with Crippen LogP contribution in [-0.2, 0) is 10.0 Å². The van der Waals surface area contributed by atoms with Gasteiger partial charge in [-0.15, -0.1) is 4.40 Å². The van der Waals surface area contributed by atoms with Crippen LogP contribution in [0.3, 0.4) is 0 Å². The first kappa shape index (κ1) is 9.47. The zero-order valence-electron chi connectivity index (χ0n) is 6.86. The third-order valence-electron chi connectivity index (χ3n) is 1.72. The summed E-state index contributed by atoms with van der Waals surface area (Å²) in [6.07, 6.45) is 0. The molecule has 1 heterocycles. The largest absolute Gasteiger partial charge is 0.369 e. The summed E-state index contributed by atoms with van der Waals surface area (Å²) in [5.74, 6) is -0.121. The number of sulfonamides is 1. The molecule has 7 heteroatoms. The van der Waals surface area contributed by atoms with E-state index in [1.807, 2.05) is 0 Å². The molecule has 0 radical (unpaired) electrons. The summed E-state index contributed by atoms with van der Waals surface area (Å²) in [6, 6.07) is 4.82. The smallest absolute Gasteiger partial charge is 0.287 e. The fraction of sp³-hybridized carbons (Fsp3) is 0. The molecule has 0 fully saturated rings. The van der Waals surface area contributed by atoms with E-state index in [4.69, 9.17) is 5.73 Å². The third kappa shape index (κ3) is 1.38. The maximum Gasteiger partial charge on any atom is 0.287 e. The molecule has 0 spiro atoms. The number of hydrogen-bond acceptors (Lipinski definition) is 4. The van der Waals surface area contributed by atoms with Crippen LogP contribution in [0.1, 0.15) is 0 Å². The van der Waals surface area contributed by atoms with Crippen LogP contribution in [0.15, 0.2) is 32.0 Å². The molecular weight excluding hydrogens is 270 g/mol. The Bertz CT molecular complexity index is 524. The van der Waals surface area contributed by atoms with Crippen molar-refractivity contribution in [1.82, 2.24) is 0 Å². The van der Waals surface area contributed by atoms with Crippen molar-refractivity contribution in [3.63, 3.8) is 0 Å². The zero-order chi connectivity index (χ0) is 10.3. The summed E-state index contributed by atoms with van der Waals surface area (Å²) >= 11 is 3.22. The molecule has 0 bridgehead atoms. The fourth-order valence-corrected chi connectivity index (χ4v) is 2.84. The number of para-hydroxylation sites is 1. The van der Waals surface area contributed by atoms with E-state index in [9.17, 15) is 8.42 Å². The first-order valence-corrected chi connectivity index (χ1v) is 5.90. The van der Waals surface area contributed by atoms with Crippen molar-refractivity contribution in [3.05, 3.63) is 22.7 Å². The van der Waals surface area contributed by atoms with Crippen molar-refractivity contribution >= 4 is 37.6 Å². The highest BCUT2D eigenvalue weighted by molar-refractivity contribution is 9.10. The minimum atomic E-state index is -3.64. The van der Waals surface area contributed by atoms with Crippen LogP contribution in [0.5, 0.6) is 0 Å². The van der Waals surface area contributed by atoms with Gasteiger partial charge in [0.1, 0.15) is 4.90 Å². The molecule has 1 aromatic carbocycles. The Hall–Kier alpha value is -1.08. The number of halogens is 1. The quantitative estimate of drug-likeness (QED) is 0.736. The average Bonchev–Trinajstić information content (AvgIpc) is 2.05. The van der Waals surface area contributed by atoms with E-state index in [-0.39, 0.29) is 10.9 Å². The second kappa shape index (κ2) is 2.96. The van der Waals surface area contributed by atoms with Crippen molar-refractivity contribution in [2.75, 3.05) is 5.32 Å². The van der Waals surface area contributed by atoms with Crippen LogP contribution in [-0.4, -0.2) is 14.4 Å². The summed E-state index contributed by atoms with van der Waals surface area (Å²) in [6.45, 7) is 0. The van der Waals surface area contributed by atoms with Crippen LogP contribution >= 0.6 is 15.9 Å². The summed E-state index contributed by atoms with van der Waals surface area (Å²) in [5.41, 5.74) is 5.76. The first-order chi connectivity index (χ1) is 6.50. The Kier molecular flexibility index (Phi) is 2.00. The molecule has 0 aliphatic carbocycles. The molecule has 14 heavy (non-hydrogen) atoms. The molecule has 0 saturated heterocycles. The Labute approximate surface area is 89.2 Å². The van der Waals surface area contributed by atoms with Crippen molar-refractivity contribution < 1.29 is 8.42 Å². The predicted molar refractivity (Wildman–Crippen MR) is 56.6 cm³/mol. The lowest BCUT2D eigenvalue weighted by Crippen LogP contribution is -2.28. The normalized spacial score (nSPS) is 17.9. The van der Waals surface area contributed by atoms with Crippen LogP contribution in [0.25, 0.3) is 0 Å². The Morgan fingerprint density at radius 2 is 2.14 bits per heavy atom. The molecular formula is C7H6BrN3O2S. The highest BCUT2D eigenvalue weighted by Crippen LogP contribution is 2.32. The highest BCUT2D eigenvalue weighted by Gasteiger charge is 2.24. The number of fused-ring (bicyclic) bond motifs is 1. The van der Waals surface area contributed by atoms with E-state index in [0.717, 1.165) is 0 Å². The van der Waals surface area contributed by atoms with Crippen LogP contribution in [0.2, 0.25) is 0 Å². The SMILES string of the molecule is NC1=NS(=O)(=O)c2cccc(Br)c2N1. The van der Waals surface area contributed by atoms with E-state index in [1.165, 1.54) is 6.07 Å². The summed E-state index contributed by atoms with van der Waals surface area (Å²) in [7, 11) is -3.64. The van der Waals surface area contributed by atoms with Crippen molar-refractivity contribution in [3.8, 4) is 0 Å². The molecule has 1 aliphatic heterocycles. The minimum absolute atomic E-state index is 0.121. The summed E-state index contributed by atoms with van der Waals surface area (Å²) in [4.78, 5) is 0.126. The number of hydrogen-bond donors (Lipinski definition) is 2. The standard InChI is InChI=1S/C7H6BrN3O2S/c8-4-2-1-3-5-6(4)10-7(9)11-14(5,12)13/h1-3H,(H3,9,10,11). The summed E-state index contributed by atoms with van der Waals surface area (Å²) in [5, 5.41) is 2.69. The molecule has 1 aromatic rings. The number of anilines is 1. The van der Waals surface area contributed by atoms with E-state index in [1.54, 1.807) is 12.1 Å². The van der Waals surface area contributed by atoms with Crippen molar-refractivity contribution in [1.29, 1.82) is 0 Å². The van der Waals surface area contributed by atoms with Gasteiger partial charge < -0.3 is 11.1 Å². The minimum Gasteiger partial charge on any atom is -0.369 e. The van der Waals surface area contributed by atoms with Crippen LogP contribution in [0, 0.1) is 0 Å². The number of benzene rings is 1. The topological polar surface area (TPSA) is 84.5 Å². The number of rotatable bonds is 0. The maximum absolute atomic E-state index is 11.5. The maximum atomic E-state index is 11.5.